The molecule has 1 saturated heterocycles. The molecule has 44 heavy (non-hydrogen) atoms. The number of Topliss-reactive ketones (excluding diaryl/α,β-unsaturated/α-hetero) is 2. The Balaban J connectivity index is 1.84. The van der Waals surface area contributed by atoms with Crippen molar-refractivity contribution >= 4 is 17.7 Å². The van der Waals surface area contributed by atoms with Gasteiger partial charge >= 0.3 is 6.09 Å². The maximum absolute atomic E-state index is 15.0. The molecular weight excluding hydrogens is 563 g/mol. The van der Waals surface area contributed by atoms with Gasteiger partial charge in [-0.25, -0.2) is 9.18 Å². The van der Waals surface area contributed by atoms with E-state index in [1.54, 1.807) is 67.6 Å². The Kier molecular flexibility index (Phi) is 10.1. The summed E-state index contributed by atoms with van der Waals surface area (Å²) in [6, 6.07) is 18.5. The fourth-order valence-electron chi connectivity index (χ4n) is 6.17. The summed E-state index contributed by atoms with van der Waals surface area (Å²) >= 11 is 0. The zero-order valence-electron chi connectivity index (χ0n) is 26.2. The van der Waals surface area contributed by atoms with Crippen molar-refractivity contribution in [1.82, 2.24) is 9.80 Å². The number of carbonyl (C=O) groups is 3. The smallest absolute Gasteiger partial charge is 0.407 e. The van der Waals surface area contributed by atoms with E-state index in [9.17, 15) is 19.5 Å². The second-order valence-electron chi connectivity index (χ2n) is 12.2. The Morgan fingerprint density at radius 2 is 1.39 bits per heavy atom. The molecule has 3 aromatic carbocycles. The lowest BCUT2D eigenvalue weighted by Gasteiger charge is -2.44. The van der Waals surface area contributed by atoms with Gasteiger partial charge in [-0.05, 0) is 69.2 Å². The second kappa shape index (κ2) is 13.6. The molecule has 4 rings (SSSR count). The van der Waals surface area contributed by atoms with Crippen LogP contribution >= 0.6 is 0 Å². The number of ketones is 2. The van der Waals surface area contributed by atoms with Gasteiger partial charge in [0.25, 0.3) is 0 Å². The molecule has 0 spiro atoms. The van der Waals surface area contributed by atoms with Crippen LogP contribution in [0, 0.1) is 24.6 Å². The fourth-order valence-corrected chi connectivity index (χ4v) is 6.17. The highest BCUT2D eigenvalue weighted by Crippen LogP contribution is 2.43. The van der Waals surface area contributed by atoms with Crippen molar-refractivity contribution in [3.63, 3.8) is 0 Å². The molecule has 1 heterocycles. The highest BCUT2D eigenvalue weighted by Gasteiger charge is 2.46. The van der Waals surface area contributed by atoms with Crippen LogP contribution in [0.5, 0.6) is 11.5 Å². The van der Waals surface area contributed by atoms with E-state index in [0.29, 0.717) is 40.3 Å². The van der Waals surface area contributed by atoms with Crippen molar-refractivity contribution in [3.05, 3.63) is 94.8 Å². The molecule has 2 unspecified atom stereocenters. The molecule has 0 aliphatic carbocycles. The highest BCUT2D eigenvalue weighted by molar-refractivity contribution is 6.02. The normalized spacial score (nSPS) is 18.8. The minimum atomic E-state index is -1.05. The van der Waals surface area contributed by atoms with Crippen LogP contribution in [-0.4, -0.2) is 78.5 Å². The molecule has 1 aliphatic heterocycles. The average Bonchev–Trinajstić information content (AvgIpc) is 3.00. The number of halogens is 1. The summed E-state index contributed by atoms with van der Waals surface area (Å²) in [4.78, 5) is 44.2. The molecule has 0 radical (unpaired) electrons. The van der Waals surface area contributed by atoms with E-state index >= 15 is 4.39 Å². The summed E-state index contributed by atoms with van der Waals surface area (Å²) in [7, 11) is 3.05. The number of nitrogens with zero attached hydrogens (tertiary/aromatic N) is 2. The molecule has 0 saturated carbocycles. The van der Waals surface area contributed by atoms with Gasteiger partial charge in [0.1, 0.15) is 17.3 Å². The van der Waals surface area contributed by atoms with Crippen molar-refractivity contribution in [2.24, 2.45) is 11.8 Å². The zero-order valence-corrected chi connectivity index (χ0v) is 26.2. The third-order valence-electron chi connectivity index (χ3n) is 8.51. The van der Waals surface area contributed by atoms with Gasteiger partial charge in [-0.15, -0.1) is 0 Å². The average molecular weight is 605 g/mol. The molecule has 1 N–H and O–H groups in total. The predicted octanol–water partition coefficient (Wildman–Crippen LogP) is 6.33. The van der Waals surface area contributed by atoms with Gasteiger partial charge in [-0.1, -0.05) is 36.4 Å². The van der Waals surface area contributed by atoms with Gasteiger partial charge in [0.2, 0.25) is 0 Å². The minimum Gasteiger partial charge on any atom is -0.497 e. The number of carbonyl (C=O) groups excluding carboxylic acids is 2. The van der Waals surface area contributed by atoms with E-state index in [1.165, 1.54) is 25.2 Å². The van der Waals surface area contributed by atoms with E-state index in [0.717, 1.165) is 0 Å². The first-order valence-corrected chi connectivity index (χ1v) is 14.7. The lowest BCUT2D eigenvalue weighted by molar-refractivity contribution is 0.0485. The number of methoxy groups -OCH3 is 2. The number of ether oxygens (including phenoxy) is 2. The highest BCUT2D eigenvalue weighted by atomic mass is 19.1. The second-order valence-corrected chi connectivity index (χ2v) is 12.2. The largest absolute Gasteiger partial charge is 0.497 e. The fraction of sp³-hybridized carbons (Fsp3) is 0.400. The quantitative estimate of drug-likeness (QED) is 0.270. The van der Waals surface area contributed by atoms with Crippen LogP contribution in [0.15, 0.2) is 66.7 Å². The molecule has 3 aromatic rings. The number of amides is 1. The van der Waals surface area contributed by atoms with Crippen molar-refractivity contribution < 1.29 is 33.4 Å². The Hall–Kier alpha value is -4.24. The lowest BCUT2D eigenvalue weighted by Crippen LogP contribution is -2.54. The Bertz CT molecular complexity index is 1450. The topological polar surface area (TPSA) is 96.4 Å². The monoisotopic (exact) mass is 604 g/mol. The van der Waals surface area contributed by atoms with Crippen LogP contribution in [0.1, 0.15) is 58.5 Å². The van der Waals surface area contributed by atoms with Crippen molar-refractivity contribution in [3.8, 4) is 11.5 Å². The third-order valence-corrected chi connectivity index (χ3v) is 8.51. The summed E-state index contributed by atoms with van der Waals surface area (Å²) in [6.07, 6.45) is -1.05. The zero-order chi connectivity index (χ0) is 32.2. The van der Waals surface area contributed by atoms with Crippen LogP contribution in [-0.2, 0) is 0 Å². The molecule has 1 amide bonds. The maximum Gasteiger partial charge on any atom is 0.407 e. The van der Waals surface area contributed by atoms with E-state index in [-0.39, 0.29) is 31.2 Å². The first-order valence-electron chi connectivity index (χ1n) is 14.7. The van der Waals surface area contributed by atoms with Gasteiger partial charge in [0.05, 0.1) is 14.2 Å². The molecule has 234 valence electrons. The number of piperidine rings is 1. The van der Waals surface area contributed by atoms with Crippen molar-refractivity contribution in [2.75, 3.05) is 40.4 Å². The van der Waals surface area contributed by atoms with Crippen molar-refractivity contribution in [1.29, 1.82) is 0 Å². The molecule has 0 bridgehead atoms. The van der Waals surface area contributed by atoms with Crippen molar-refractivity contribution in [2.45, 2.75) is 39.2 Å². The van der Waals surface area contributed by atoms with E-state index < -0.39 is 35.2 Å². The molecule has 1 fully saturated rings. The molecule has 8 nitrogen and oxygen atoms in total. The molecule has 0 aromatic heterocycles. The number of hydrogen-bond donors (Lipinski definition) is 1. The summed E-state index contributed by atoms with van der Waals surface area (Å²) in [5.41, 5.74) is 1.19. The molecule has 1 aliphatic rings. The summed E-state index contributed by atoms with van der Waals surface area (Å²) in [5, 5.41) is 9.90. The van der Waals surface area contributed by atoms with Crippen LogP contribution in [0.3, 0.4) is 0 Å². The Morgan fingerprint density at radius 1 is 0.886 bits per heavy atom. The van der Waals surface area contributed by atoms with Gasteiger partial charge in [0.15, 0.2) is 11.6 Å². The molecule has 2 atom stereocenters. The first kappa shape index (κ1) is 32.7. The Labute approximate surface area is 258 Å². The van der Waals surface area contributed by atoms with Gasteiger partial charge < -0.3 is 24.4 Å². The maximum atomic E-state index is 15.0. The van der Waals surface area contributed by atoms with E-state index in [1.807, 2.05) is 25.7 Å². The van der Waals surface area contributed by atoms with E-state index in [2.05, 4.69) is 0 Å². The van der Waals surface area contributed by atoms with Gasteiger partial charge in [-0.3, -0.25) is 9.59 Å². The molecule has 9 heteroatoms. The third kappa shape index (κ3) is 7.10. The van der Waals surface area contributed by atoms with Crippen LogP contribution < -0.4 is 9.47 Å². The number of hydrogen-bond acceptors (Lipinski definition) is 6. The Morgan fingerprint density at radius 3 is 1.84 bits per heavy atom. The number of benzene rings is 3. The van der Waals surface area contributed by atoms with Gasteiger partial charge in [0, 0.05) is 60.6 Å². The first-order chi connectivity index (χ1) is 20.8. The SMILES string of the molecule is COc1cccc(C(=O)C2CN(CCN(C(=O)O)C(C)(C)C)CC(C(=O)c3cccc(OC)c3)C2c2cccc(F)c2C)c1. The van der Waals surface area contributed by atoms with Crippen LogP contribution in [0.2, 0.25) is 0 Å². The van der Waals surface area contributed by atoms with Gasteiger partial charge in [-0.2, -0.15) is 0 Å². The predicted molar refractivity (Wildman–Crippen MR) is 166 cm³/mol. The lowest BCUT2D eigenvalue weighted by atomic mass is 9.67. The number of likely N-dealkylation sites (tertiary alicyclic amines) is 1. The summed E-state index contributed by atoms with van der Waals surface area (Å²) in [5.74, 6) is -1.87. The van der Waals surface area contributed by atoms with E-state index in [4.69, 9.17) is 9.47 Å². The summed E-state index contributed by atoms with van der Waals surface area (Å²) in [6.45, 7) is 8.15. The minimum absolute atomic E-state index is 0.183. The number of rotatable bonds is 10. The van der Waals surface area contributed by atoms with Crippen LogP contribution in [0.4, 0.5) is 9.18 Å². The molecular formula is C35H41FN2O6. The standard InChI is InChI=1S/C35H41FN2O6/c1-22-27(14-9-15-30(22)36)31-28(32(39)23-10-7-12-25(18-23)43-5)20-37(16-17-38(34(41)42)35(2,3)4)21-29(31)33(40)24-11-8-13-26(19-24)44-6/h7-15,18-19,28-29,31H,16-17,20-21H2,1-6H3,(H,41,42). The van der Waals surface area contributed by atoms with Crippen LogP contribution in [0.25, 0.3) is 0 Å². The number of carboxylic acid groups (broad SMARTS) is 1. The summed E-state index contributed by atoms with van der Waals surface area (Å²) < 4.78 is 25.8.